The highest BCUT2D eigenvalue weighted by atomic mass is 35.5. The van der Waals surface area contributed by atoms with Crippen LogP contribution in [-0.4, -0.2) is 10.9 Å². The molecule has 0 aliphatic heterocycles. The highest BCUT2D eigenvalue weighted by Crippen LogP contribution is 2.11. The monoisotopic (exact) mass is 232 g/mol. The van der Waals surface area contributed by atoms with Crippen molar-refractivity contribution in [2.45, 2.75) is 0 Å². The number of anilines is 1. The van der Waals surface area contributed by atoms with E-state index in [0.717, 1.165) is 5.69 Å². The summed E-state index contributed by atoms with van der Waals surface area (Å²) < 4.78 is 0. The van der Waals surface area contributed by atoms with Crippen molar-refractivity contribution in [3.63, 3.8) is 0 Å². The summed E-state index contributed by atoms with van der Waals surface area (Å²) in [5.41, 5.74) is 1.03. The van der Waals surface area contributed by atoms with Gasteiger partial charge in [0.15, 0.2) is 0 Å². The number of hydrogen-bond donors (Lipinski definition) is 1. The highest BCUT2D eigenvalue weighted by molar-refractivity contribution is 6.30. The van der Waals surface area contributed by atoms with Crippen LogP contribution in [-0.2, 0) is 0 Å². The van der Waals surface area contributed by atoms with E-state index in [-0.39, 0.29) is 5.91 Å². The van der Waals surface area contributed by atoms with Gasteiger partial charge in [-0.3, -0.25) is 9.78 Å². The Labute approximate surface area is 98.1 Å². The number of aromatic nitrogens is 1. The maximum atomic E-state index is 11.7. The van der Waals surface area contributed by atoms with Crippen LogP contribution in [0.1, 0.15) is 10.5 Å². The summed E-state index contributed by atoms with van der Waals surface area (Å²) >= 11 is 5.77. The standard InChI is InChI=1S/C12H9ClN2O/c13-9-6-7-14-11(8-9)12(16)15-10-4-2-1-3-5-10/h1-8H,(H,15,16). The Hall–Kier alpha value is -1.87. The Morgan fingerprint density at radius 1 is 1.19 bits per heavy atom. The first-order valence-corrected chi connectivity index (χ1v) is 5.11. The molecule has 0 aliphatic rings. The predicted molar refractivity (Wildman–Crippen MR) is 63.6 cm³/mol. The van der Waals surface area contributed by atoms with Crippen molar-refractivity contribution in [1.82, 2.24) is 4.98 Å². The lowest BCUT2D eigenvalue weighted by Crippen LogP contribution is -2.13. The number of pyridine rings is 1. The van der Waals surface area contributed by atoms with Crippen molar-refractivity contribution < 1.29 is 4.79 Å². The van der Waals surface area contributed by atoms with Crippen LogP contribution < -0.4 is 5.32 Å². The summed E-state index contributed by atoms with van der Waals surface area (Å²) in [6.07, 6.45) is 1.50. The molecule has 0 atom stereocenters. The number of carbonyl (C=O) groups is 1. The first-order valence-electron chi connectivity index (χ1n) is 4.73. The van der Waals surface area contributed by atoms with Gasteiger partial charge in [0.25, 0.3) is 5.91 Å². The van der Waals surface area contributed by atoms with Gasteiger partial charge < -0.3 is 5.32 Å². The van der Waals surface area contributed by atoms with Crippen LogP contribution in [0, 0.1) is 0 Å². The fourth-order valence-corrected chi connectivity index (χ4v) is 1.41. The zero-order valence-electron chi connectivity index (χ0n) is 8.35. The Morgan fingerprint density at radius 3 is 2.62 bits per heavy atom. The molecule has 3 nitrogen and oxygen atoms in total. The zero-order chi connectivity index (χ0) is 11.4. The third kappa shape index (κ3) is 2.58. The van der Waals surface area contributed by atoms with E-state index in [1.54, 1.807) is 6.07 Å². The molecule has 0 bridgehead atoms. The molecule has 1 amide bonds. The van der Waals surface area contributed by atoms with Gasteiger partial charge >= 0.3 is 0 Å². The van der Waals surface area contributed by atoms with Gasteiger partial charge in [0.05, 0.1) is 0 Å². The molecule has 1 aromatic carbocycles. The number of nitrogens with one attached hydrogen (secondary N) is 1. The second kappa shape index (κ2) is 4.77. The van der Waals surface area contributed by atoms with Crippen molar-refractivity contribution in [3.8, 4) is 0 Å². The number of nitrogens with zero attached hydrogens (tertiary/aromatic N) is 1. The SMILES string of the molecule is O=C(Nc1ccccc1)c1cc(Cl)ccn1. The van der Waals surface area contributed by atoms with Crippen molar-refractivity contribution in [2.75, 3.05) is 5.32 Å². The van der Waals surface area contributed by atoms with E-state index in [2.05, 4.69) is 10.3 Å². The maximum absolute atomic E-state index is 11.7. The highest BCUT2D eigenvalue weighted by Gasteiger charge is 2.07. The van der Waals surface area contributed by atoms with Gasteiger partial charge in [0, 0.05) is 16.9 Å². The van der Waals surface area contributed by atoms with E-state index in [9.17, 15) is 4.79 Å². The molecule has 4 heteroatoms. The van der Waals surface area contributed by atoms with Crippen molar-refractivity contribution in [2.24, 2.45) is 0 Å². The van der Waals surface area contributed by atoms with E-state index in [0.29, 0.717) is 10.7 Å². The lowest BCUT2D eigenvalue weighted by atomic mass is 10.3. The number of hydrogen-bond acceptors (Lipinski definition) is 2. The number of benzene rings is 1. The molecule has 16 heavy (non-hydrogen) atoms. The van der Waals surface area contributed by atoms with Gasteiger partial charge in [0.1, 0.15) is 5.69 Å². The van der Waals surface area contributed by atoms with E-state index >= 15 is 0 Å². The number of carbonyl (C=O) groups excluding carboxylic acids is 1. The molecule has 0 spiro atoms. The first kappa shape index (κ1) is 10.6. The second-order valence-corrected chi connectivity index (χ2v) is 3.62. The smallest absolute Gasteiger partial charge is 0.274 e. The molecule has 0 fully saturated rings. The van der Waals surface area contributed by atoms with Gasteiger partial charge in [-0.05, 0) is 24.3 Å². The van der Waals surface area contributed by atoms with Crippen LogP contribution in [0.4, 0.5) is 5.69 Å². The largest absolute Gasteiger partial charge is 0.321 e. The molecule has 2 rings (SSSR count). The van der Waals surface area contributed by atoms with Gasteiger partial charge in [-0.2, -0.15) is 0 Å². The maximum Gasteiger partial charge on any atom is 0.274 e. The van der Waals surface area contributed by atoms with E-state index < -0.39 is 0 Å². The van der Waals surface area contributed by atoms with Crippen LogP contribution in [0.25, 0.3) is 0 Å². The topological polar surface area (TPSA) is 42.0 Å². The summed E-state index contributed by atoms with van der Waals surface area (Å²) in [5.74, 6) is -0.270. The summed E-state index contributed by atoms with van der Waals surface area (Å²) in [6, 6.07) is 12.3. The Kier molecular flexibility index (Phi) is 3.17. The van der Waals surface area contributed by atoms with Crippen LogP contribution in [0.5, 0.6) is 0 Å². The first-order chi connectivity index (χ1) is 7.75. The van der Waals surface area contributed by atoms with Gasteiger partial charge in [-0.25, -0.2) is 0 Å². The minimum atomic E-state index is -0.270. The normalized spacial score (nSPS) is 9.81. The molecule has 0 saturated carbocycles. The number of rotatable bonds is 2. The predicted octanol–water partition coefficient (Wildman–Crippen LogP) is 2.99. The van der Waals surface area contributed by atoms with Crippen LogP contribution in [0.15, 0.2) is 48.7 Å². The lowest BCUT2D eigenvalue weighted by Gasteiger charge is -2.03. The van der Waals surface area contributed by atoms with Crippen molar-refractivity contribution >= 4 is 23.2 Å². The van der Waals surface area contributed by atoms with Gasteiger partial charge in [0.2, 0.25) is 0 Å². The molecular formula is C12H9ClN2O. The Balaban J connectivity index is 2.15. The molecule has 0 radical (unpaired) electrons. The summed E-state index contributed by atoms with van der Waals surface area (Å²) in [6.45, 7) is 0. The molecule has 0 unspecified atom stereocenters. The van der Waals surface area contributed by atoms with Crippen LogP contribution in [0.2, 0.25) is 5.02 Å². The lowest BCUT2D eigenvalue weighted by molar-refractivity contribution is 0.102. The molecular weight excluding hydrogens is 224 g/mol. The van der Waals surface area contributed by atoms with Gasteiger partial charge in [-0.15, -0.1) is 0 Å². The molecule has 1 heterocycles. The summed E-state index contributed by atoms with van der Waals surface area (Å²) in [7, 11) is 0. The Bertz CT molecular complexity index is 499. The zero-order valence-corrected chi connectivity index (χ0v) is 9.11. The fraction of sp³-hybridized carbons (Fsp3) is 0. The molecule has 80 valence electrons. The molecule has 0 saturated heterocycles. The van der Waals surface area contributed by atoms with E-state index in [1.165, 1.54) is 12.3 Å². The van der Waals surface area contributed by atoms with Crippen LogP contribution >= 0.6 is 11.6 Å². The average Bonchev–Trinajstić information content (AvgIpc) is 2.30. The van der Waals surface area contributed by atoms with Crippen LogP contribution in [0.3, 0.4) is 0 Å². The minimum Gasteiger partial charge on any atom is -0.321 e. The van der Waals surface area contributed by atoms with E-state index in [4.69, 9.17) is 11.6 Å². The number of amides is 1. The van der Waals surface area contributed by atoms with Gasteiger partial charge in [-0.1, -0.05) is 29.8 Å². The third-order valence-corrected chi connectivity index (χ3v) is 2.22. The summed E-state index contributed by atoms with van der Waals surface area (Å²) in [4.78, 5) is 15.7. The number of para-hydroxylation sites is 1. The van der Waals surface area contributed by atoms with Crippen molar-refractivity contribution in [3.05, 3.63) is 59.4 Å². The molecule has 2 aromatic rings. The minimum absolute atomic E-state index is 0.270. The van der Waals surface area contributed by atoms with E-state index in [1.807, 2.05) is 30.3 Å². The molecule has 1 N–H and O–H groups in total. The third-order valence-electron chi connectivity index (χ3n) is 1.99. The second-order valence-electron chi connectivity index (χ2n) is 3.18. The number of halogens is 1. The molecule has 0 aliphatic carbocycles. The Morgan fingerprint density at radius 2 is 1.94 bits per heavy atom. The quantitative estimate of drug-likeness (QED) is 0.865. The fourth-order valence-electron chi connectivity index (χ4n) is 1.25. The molecule has 1 aromatic heterocycles. The summed E-state index contributed by atoms with van der Waals surface area (Å²) in [5, 5.41) is 3.22. The average molecular weight is 233 g/mol. The van der Waals surface area contributed by atoms with Crippen molar-refractivity contribution in [1.29, 1.82) is 0 Å².